The Hall–Kier alpha value is -3.86. The molecule has 0 fully saturated rings. The zero-order valence-corrected chi connectivity index (χ0v) is 20.6. The Balaban J connectivity index is 1.52. The quantitative estimate of drug-likeness (QED) is 0.433. The van der Waals surface area contributed by atoms with Crippen molar-refractivity contribution in [3.05, 3.63) is 83.4 Å². The molecule has 37 heavy (non-hydrogen) atoms. The van der Waals surface area contributed by atoms with Crippen LogP contribution in [0.15, 0.2) is 71.6 Å². The number of hydrogen-bond acceptors (Lipinski definition) is 4. The van der Waals surface area contributed by atoms with Gasteiger partial charge < -0.3 is 10.0 Å². The number of aliphatic carboxylic acids is 1. The highest BCUT2D eigenvalue weighted by molar-refractivity contribution is 7.92. The Morgan fingerprint density at radius 1 is 0.973 bits per heavy atom. The van der Waals surface area contributed by atoms with Crippen molar-refractivity contribution in [3.8, 4) is 11.1 Å². The van der Waals surface area contributed by atoms with Gasteiger partial charge in [-0.25, -0.2) is 13.2 Å². The Morgan fingerprint density at radius 3 is 2.11 bits per heavy atom. The fourth-order valence-corrected chi connectivity index (χ4v) is 5.33. The van der Waals surface area contributed by atoms with Crippen molar-refractivity contribution >= 4 is 27.6 Å². The minimum absolute atomic E-state index is 0.202. The van der Waals surface area contributed by atoms with Crippen LogP contribution in [0.3, 0.4) is 0 Å². The molecule has 0 aliphatic carbocycles. The van der Waals surface area contributed by atoms with Crippen molar-refractivity contribution in [3.63, 3.8) is 0 Å². The van der Waals surface area contributed by atoms with E-state index in [1.54, 1.807) is 44.2 Å². The fraction of sp³-hybridized carbons (Fsp3) is 0.231. The maximum absolute atomic E-state index is 13.0. The maximum Gasteiger partial charge on any atom is 0.416 e. The Morgan fingerprint density at radius 2 is 1.57 bits per heavy atom. The summed E-state index contributed by atoms with van der Waals surface area (Å²) in [5.41, 5.74) is 1.76. The van der Waals surface area contributed by atoms with Crippen LogP contribution in [-0.4, -0.2) is 36.3 Å². The second-order valence-corrected chi connectivity index (χ2v) is 10.7. The number of sulfonamides is 1. The van der Waals surface area contributed by atoms with Crippen molar-refractivity contribution in [2.75, 3.05) is 4.72 Å². The zero-order chi connectivity index (χ0) is 27.1. The first kappa shape index (κ1) is 26.2. The molecule has 0 bridgehead atoms. The van der Waals surface area contributed by atoms with Gasteiger partial charge in [0.15, 0.2) is 0 Å². The topological polar surface area (TPSA) is 104 Å². The summed E-state index contributed by atoms with van der Waals surface area (Å²) in [5.74, 6) is -1.70. The van der Waals surface area contributed by atoms with Crippen molar-refractivity contribution in [2.45, 2.75) is 37.5 Å². The summed E-state index contributed by atoms with van der Waals surface area (Å²) in [6.45, 7) is 3.69. The van der Waals surface area contributed by atoms with Gasteiger partial charge in [-0.15, -0.1) is 0 Å². The number of hydrogen-bond donors (Lipinski definition) is 2. The van der Waals surface area contributed by atoms with Gasteiger partial charge in [-0.1, -0.05) is 38.1 Å². The van der Waals surface area contributed by atoms with E-state index in [4.69, 9.17) is 0 Å². The molecule has 1 atom stereocenters. The minimum atomic E-state index is -4.57. The Labute approximate surface area is 211 Å². The third kappa shape index (κ3) is 5.31. The van der Waals surface area contributed by atoms with Gasteiger partial charge in [0, 0.05) is 17.8 Å². The van der Waals surface area contributed by atoms with E-state index < -0.39 is 33.8 Å². The molecular weight excluding hydrogens is 509 g/mol. The number of carboxylic acids is 1. The molecule has 0 unspecified atom stereocenters. The van der Waals surface area contributed by atoms with E-state index in [0.717, 1.165) is 17.7 Å². The number of carbonyl (C=O) groups excluding carboxylic acids is 1. The van der Waals surface area contributed by atoms with Gasteiger partial charge in [0.1, 0.15) is 6.04 Å². The highest BCUT2D eigenvalue weighted by atomic mass is 32.2. The predicted molar refractivity (Wildman–Crippen MR) is 130 cm³/mol. The lowest BCUT2D eigenvalue weighted by atomic mass is 10.0. The van der Waals surface area contributed by atoms with Gasteiger partial charge in [0.25, 0.3) is 15.9 Å². The number of fused-ring (bicyclic) bond motifs is 1. The number of amides is 1. The molecule has 3 aromatic carbocycles. The molecule has 2 N–H and O–H groups in total. The standard InChI is InChI=1S/C26H23F3N2O5S/c1-15(2)23(25(33)34)31-14-18-4-3-17(13-22(18)24(31)32)16-5-9-20(10-6-16)30-37(35,36)21-11-7-19(8-12-21)26(27,28)29/h3-13,15,23,30H,14H2,1-2H3,(H,33,34)/t23-/m0/s1. The van der Waals surface area contributed by atoms with E-state index >= 15 is 0 Å². The second-order valence-electron chi connectivity index (χ2n) is 9.04. The van der Waals surface area contributed by atoms with E-state index in [0.29, 0.717) is 28.8 Å². The molecule has 0 spiro atoms. The van der Waals surface area contributed by atoms with Crippen LogP contribution in [-0.2, 0) is 27.5 Å². The van der Waals surface area contributed by atoms with Gasteiger partial charge in [0.05, 0.1) is 10.5 Å². The number of benzene rings is 3. The van der Waals surface area contributed by atoms with Gasteiger partial charge in [0.2, 0.25) is 0 Å². The highest BCUT2D eigenvalue weighted by Crippen LogP contribution is 2.32. The van der Waals surface area contributed by atoms with E-state index in [9.17, 15) is 36.3 Å². The molecule has 1 aliphatic heterocycles. The van der Waals surface area contributed by atoms with Gasteiger partial charge in [-0.05, 0) is 65.1 Å². The van der Waals surface area contributed by atoms with Crippen LogP contribution in [0, 0.1) is 5.92 Å². The molecule has 1 heterocycles. The van der Waals surface area contributed by atoms with Crippen LogP contribution in [0.4, 0.5) is 18.9 Å². The summed E-state index contributed by atoms with van der Waals surface area (Å²) in [4.78, 5) is 25.7. The van der Waals surface area contributed by atoms with Crippen molar-refractivity contribution in [1.29, 1.82) is 0 Å². The third-order valence-electron chi connectivity index (χ3n) is 6.12. The van der Waals surface area contributed by atoms with Crippen LogP contribution in [0.25, 0.3) is 11.1 Å². The Kier molecular flexibility index (Phi) is 6.76. The van der Waals surface area contributed by atoms with Crippen molar-refractivity contribution < 1.29 is 36.3 Å². The maximum atomic E-state index is 13.0. The first-order valence-electron chi connectivity index (χ1n) is 11.2. The average Bonchev–Trinajstić information content (AvgIpc) is 3.13. The molecule has 3 aromatic rings. The average molecular weight is 533 g/mol. The van der Waals surface area contributed by atoms with E-state index in [1.807, 2.05) is 0 Å². The molecule has 0 aromatic heterocycles. The van der Waals surface area contributed by atoms with Crippen LogP contribution in [0.1, 0.15) is 35.3 Å². The number of alkyl halides is 3. The molecule has 0 saturated heterocycles. The Bertz CT molecular complexity index is 1450. The number of rotatable bonds is 7. The van der Waals surface area contributed by atoms with Gasteiger partial charge in [-0.3, -0.25) is 9.52 Å². The molecular formula is C26H23F3N2O5S. The monoisotopic (exact) mass is 532 g/mol. The number of nitrogens with one attached hydrogen (secondary N) is 1. The first-order chi connectivity index (χ1) is 17.3. The van der Waals surface area contributed by atoms with Crippen LogP contribution in [0.2, 0.25) is 0 Å². The number of nitrogens with zero attached hydrogens (tertiary/aromatic N) is 1. The lowest BCUT2D eigenvalue weighted by molar-refractivity contribution is -0.144. The summed E-state index contributed by atoms with van der Waals surface area (Å²) >= 11 is 0. The first-order valence-corrected chi connectivity index (χ1v) is 12.7. The van der Waals surface area contributed by atoms with Crippen LogP contribution in [0.5, 0.6) is 0 Å². The zero-order valence-electron chi connectivity index (χ0n) is 19.8. The largest absolute Gasteiger partial charge is 0.480 e. The van der Waals surface area contributed by atoms with Crippen LogP contribution < -0.4 is 4.72 Å². The predicted octanol–water partition coefficient (Wildman–Crippen LogP) is 5.24. The SMILES string of the molecule is CC(C)[C@@H](C(=O)O)N1Cc2ccc(-c3ccc(NS(=O)(=O)c4ccc(C(F)(F)F)cc4)cc3)cc2C1=O. The molecule has 7 nitrogen and oxygen atoms in total. The summed E-state index contributed by atoms with van der Waals surface area (Å²) in [5, 5.41) is 9.57. The summed E-state index contributed by atoms with van der Waals surface area (Å²) < 4.78 is 65.7. The molecule has 4 rings (SSSR count). The molecule has 1 amide bonds. The summed E-state index contributed by atoms with van der Waals surface area (Å²) in [6, 6.07) is 13.7. The van der Waals surface area contributed by atoms with Gasteiger partial charge >= 0.3 is 12.1 Å². The number of carboxylic acid groups (broad SMARTS) is 1. The lowest BCUT2D eigenvalue weighted by Crippen LogP contribution is -2.44. The highest BCUT2D eigenvalue weighted by Gasteiger charge is 2.38. The third-order valence-corrected chi connectivity index (χ3v) is 7.52. The van der Waals surface area contributed by atoms with Crippen LogP contribution >= 0.6 is 0 Å². The number of carbonyl (C=O) groups is 2. The normalized spacial score (nSPS) is 14.5. The molecule has 194 valence electrons. The smallest absolute Gasteiger partial charge is 0.416 e. The summed E-state index contributed by atoms with van der Waals surface area (Å²) in [6.07, 6.45) is -4.57. The number of anilines is 1. The van der Waals surface area contributed by atoms with Gasteiger partial charge in [-0.2, -0.15) is 13.2 Å². The fourth-order valence-electron chi connectivity index (χ4n) is 4.27. The molecule has 1 aliphatic rings. The minimum Gasteiger partial charge on any atom is -0.480 e. The molecule has 11 heteroatoms. The van der Waals surface area contributed by atoms with E-state index in [2.05, 4.69) is 4.72 Å². The lowest BCUT2D eigenvalue weighted by Gasteiger charge is -2.27. The summed E-state index contributed by atoms with van der Waals surface area (Å²) in [7, 11) is -4.11. The molecule has 0 radical (unpaired) electrons. The number of halogens is 3. The molecule has 0 saturated carbocycles. The van der Waals surface area contributed by atoms with E-state index in [1.165, 1.54) is 17.0 Å². The van der Waals surface area contributed by atoms with E-state index in [-0.39, 0.29) is 29.0 Å². The second kappa shape index (κ2) is 9.55. The van der Waals surface area contributed by atoms with Crippen molar-refractivity contribution in [1.82, 2.24) is 4.90 Å². The van der Waals surface area contributed by atoms with Crippen molar-refractivity contribution in [2.24, 2.45) is 5.92 Å².